The van der Waals surface area contributed by atoms with Gasteiger partial charge in [-0.3, -0.25) is 9.35 Å². The number of nitrogens with one attached hydrogen (secondary N) is 1. The van der Waals surface area contributed by atoms with Crippen LogP contribution < -0.4 is 10.1 Å². The predicted octanol–water partition coefficient (Wildman–Crippen LogP) is 7.47. The summed E-state index contributed by atoms with van der Waals surface area (Å²) in [5.41, 5.74) is 0.233. The van der Waals surface area contributed by atoms with Crippen LogP contribution in [-0.4, -0.2) is 30.6 Å². The predicted molar refractivity (Wildman–Crippen MR) is 146 cm³/mol. The highest BCUT2D eigenvalue weighted by Gasteiger charge is 2.22. The van der Waals surface area contributed by atoms with Gasteiger partial charge in [0.2, 0.25) is 0 Å². The molecule has 0 heterocycles. The first-order chi connectivity index (χ1) is 18.0. The molecule has 196 valence electrons. The number of amides is 1. The van der Waals surface area contributed by atoms with Crippen LogP contribution in [0.5, 0.6) is 11.5 Å². The Hall–Kier alpha value is -3.70. The maximum absolute atomic E-state index is 13.3. The molecule has 0 unspecified atom stereocenters. The molecule has 4 rings (SSSR count). The number of hydrogen-bond acceptors (Lipinski definition) is 7. The highest BCUT2D eigenvalue weighted by molar-refractivity contribution is 7.85. The van der Waals surface area contributed by atoms with Crippen molar-refractivity contribution in [2.24, 2.45) is 10.2 Å². The Kier molecular flexibility index (Phi) is 7.89. The molecule has 0 saturated carbocycles. The number of nitrogens with zero attached hydrogens (tertiary/aromatic N) is 2. The van der Waals surface area contributed by atoms with Crippen molar-refractivity contribution in [3.8, 4) is 11.5 Å². The Labute approximate surface area is 228 Å². The number of fused-ring (bicyclic) bond motifs is 1. The van der Waals surface area contributed by atoms with Gasteiger partial charge in [-0.2, -0.15) is 13.5 Å². The summed E-state index contributed by atoms with van der Waals surface area (Å²) < 4.78 is 38.6. The molecule has 4 aromatic rings. The number of hydrogen-bond donors (Lipinski definition) is 3. The number of phenols is 1. The first kappa shape index (κ1) is 27.3. The Morgan fingerprint density at radius 2 is 1.79 bits per heavy atom. The largest absolute Gasteiger partial charge is 0.505 e. The van der Waals surface area contributed by atoms with Crippen LogP contribution in [0.15, 0.2) is 75.8 Å². The quantitative estimate of drug-likeness (QED) is 0.155. The van der Waals surface area contributed by atoms with Crippen molar-refractivity contribution in [1.82, 2.24) is 0 Å². The zero-order chi connectivity index (χ0) is 27.6. The van der Waals surface area contributed by atoms with Gasteiger partial charge < -0.3 is 15.2 Å². The number of carbonyl (C=O) groups is 1. The van der Waals surface area contributed by atoms with E-state index in [2.05, 4.69) is 15.5 Å². The average Bonchev–Trinajstić information content (AvgIpc) is 2.86. The Bertz CT molecular complexity index is 1710. The zero-order valence-corrected chi connectivity index (χ0v) is 22.4. The number of carbonyl (C=O) groups excluding carboxylic acids is 1. The molecule has 0 aromatic heterocycles. The van der Waals surface area contributed by atoms with Crippen LogP contribution in [0.2, 0.25) is 10.0 Å². The van der Waals surface area contributed by atoms with E-state index in [4.69, 9.17) is 27.9 Å². The molecular formula is C26H21Cl2N3O6S. The van der Waals surface area contributed by atoms with Crippen LogP contribution in [0, 0.1) is 6.92 Å². The summed E-state index contributed by atoms with van der Waals surface area (Å²) in [5.74, 6) is -0.782. The van der Waals surface area contributed by atoms with Gasteiger partial charge in [0.1, 0.15) is 22.0 Å². The highest BCUT2D eigenvalue weighted by Crippen LogP contribution is 2.41. The summed E-state index contributed by atoms with van der Waals surface area (Å²) in [7, 11) is -4.57. The lowest BCUT2D eigenvalue weighted by Crippen LogP contribution is -2.14. The van der Waals surface area contributed by atoms with Gasteiger partial charge in [0, 0.05) is 10.4 Å². The van der Waals surface area contributed by atoms with Gasteiger partial charge in [0.15, 0.2) is 5.75 Å². The second-order valence-corrected chi connectivity index (χ2v) is 10.3. The van der Waals surface area contributed by atoms with Gasteiger partial charge in [0.25, 0.3) is 16.0 Å². The molecule has 0 aliphatic heterocycles. The molecule has 0 aliphatic carbocycles. The molecule has 0 aliphatic rings. The summed E-state index contributed by atoms with van der Waals surface area (Å²) in [6.45, 7) is 3.56. The van der Waals surface area contributed by atoms with Crippen LogP contribution in [0.1, 0.15) is 22.8 Å². The van der Waals surface area contributed by atoms with E-state index in [0.717, 1.165) is 6.07 Å². The normalized spacial score (nSPS) is 11.7. The molecule has 4 aromatic carbocycles. The van der Waals surface area contributed by atoms with E-state index < -0.39 is 26.7 Å². The fraction of sp³-hybridized carbons (Fsp3) is 0.115. The monoisotopic (exact) mass is 573 g/mol. The Morgan fingerprint density at radius 1 is 1.05 bits per heavy atom. The van der Waals surface area contributed by atoms with Crippen LogP contribution in [-0.2, 0) is 10.1 Å². The number of anilines is 1. The average molecular weight is 574 g/mol. The van der Waals surface area contributed by atoms with Gasteiger partial charge in [-0.15, -0.1) is 5.11 Å². The van der Waals surface area contributed by atoms with Crippen LogP contribution in [0.3, 0.4) is 0 Å². The van der Waals surface area contributed by atoms with E-state index in [1.165, 1.54) is 19.1 Å². The third-order valence-electron chi connectivity index (χ3n) is 5.59. The summed E-state index contributed by atoms with van der Waals surface area (Å²) in [6, 6.07) is 15.8. The molecule has 0 fully saturated rings. The SMILES string of the molecule is CCOc1cccc(Cl)c1NC(=O)c1cc2ccccc2c(N=Nc2cc(Cl)cc(S(=O)(=O)O)c2C)c1O. The fourth-order valence-corrected chi connectivity index (χ4v) is 5.05. The molecule has 0 radical (unpaired) electrons. The van der Waals surface area contributed by atoms with Crippen molar-refractivity contribution >= 4 is 67.1 Å². The van der Waals surface area contributed by atoms with Gasteiger partial charge in [-0.1, -0.05) is 53.5 Å². The topological polar surface area (TPSA) is 138 Å². The van der Waals surface area contributed by atoms with Crippen molar-refractivity contribution in [1.29, 1.82) is 0 Å². The van der Waals surface area contributed by atoms with Crippen molar-refractivity contribution in [2.75, 3.05) is 11.9 Å². The van der Waals surface area contributed by atoms with E-state index in [0.29, 0.717) is 23.1 Å². The first-order valence-corrected chi connectivity index (χ1v) is 13.4. The third-order valence-corrected chi connectivity index (χ3v) is 7.10. The maximum Gasteiger partial charge on any atom is 0.294 e. The summed E-state index contributed by atoms with van der Waals surface area (Å²) >= 11 is 12.3. The lowest BCUT2D eigenvalue weighted by Gasteiger charge is -2.15. The van der Waals surface area contributed by atoms with E-state index in [-0.39, 0.29) is 38.2 Å². The van der Waals surface area contributed by atoms with E-state index in [1.807, 2.05) is 0 Å². The highest BCUT2D eigenvalue weighted by atomic mass is 35.5. The maximum atomic E-state index is 13.3. The number of benzene rings is 4. The summed E-state index contributed by atoms with van der Waals surface area (Å²) in [4.78, 5) is 12.9. The molecule has 0 spiro atoms. The van der Waals surface area contributed by atoms with Crippen molar-refractivity contribution in [3.05, 3.63) is 81.8 Å². The minimum atomic E-state index is -4.57. The van der Waals surface area contributed by atoms with Gasteiger partial charge in [-0.25, -0.2) is 0 Å². The van der Waals surface area contributed by atoms with Crippen LogP contribution in [0.4, 0.5) is 17.1 Å². The second kappa shape index (κ2) is 11.0. The van der Waals surface area contributed by atoms with Gasteiger partial charge >= 0.3 is 0 Å². The molecule has 38 heavy (non-hydrogen) atoms. The Balaban J connectivity index is 1.83. The minimum Gasteiger partial charge on any atom is -0.505 e. The number of aromatic hydroxyl groups is 1. The summed E-state index contributed by atoms with van der Waals surface area (Å²) in [5, 5.41) is 23.4. The molecule has 0 saturated heterocycles. The van der Waals surface area contributed by atoms with E-state index in [1.54, 1.807) is 49.4 Å². The van der Waals surface area contributed by atoms with Crippen LogP contribution >= 0.6 is 23.2 Å². The number of rotatable bonds is 7. The van der Waals surface area contributed by atoms with Gasteiger partial charge in [0.05, 0.1) is 22.9 Å². The number of ether oxygens (including phenoxy) is 1. The molecule has 3 N–H and O–H groups in total. The molecular weight excluding hydrogens is 553 g/mol. The molecule has 9 nitrogen and oxygen atoms in total. The zero-order valence-electron chi connectivity index (χ0n) is 20.1. The molecule has 12 heteroatoms. The third kappa shape index (κ3) is 5.58. The first-order valence-electron chi connectivity index (χ1n) is 11.2. The number of phenolic OH excluding ortho intramolecular Hbond substituents is 1. The number of para-hydroxylation sites is 1. The Morgan fingerprint density at radius 3 is 2.50 bits per heavy atom. The molecule has 0 atom stereocenters. The van der Waals surface area contributed by atoms with Crippen molar-refractivity contribution in [3.63, 3.8) is 0 Å². The lowest BCUT2D eigenvalue weighted by molar-refractivity contribution is 0.102. The molecule has 0 bridgehead atoms. The van der Waals surface area contributed by atoms with Crippen LogP contribution in [0.25, 0.3) is 10.8 Å². The van der Waals surface area contributed by atoms with Crippen molar-refractivity contribution in [2.45, 2.75) is 18.7 Å². The van der Waals surface area contributed by atoms with Gasteiger partial charge in [-0.05, 0) is 55.1 Å². The second-order valence-electron chi connectivity index (χ2n) is 8.07. The standard InChI is InChI=1S/C26H21Cl2N3O6S/c1-3-37-21-10-6-9-19(28)24(21)29-26(33)18-11-15-7-4-5-8-17(15)23(25(18)32)31-30-20-12-16(27)13-22(14(20)2)38(34,35)36/h4-13,32H,3H2,1-2H3,(H,29,33)(H,34,35,36). The summed E-state index contributed by atoms with van der Waals surface area (Å²) in [6.07, 6.45) is 0. The smallest absolute Gasteiger partial charge is 0.294 e. The van der Waals surface area contributed by atoms with E-state index >= 15 is 0 Å². The lowest BCUT2D eigenvalue weighted by atomic mass is 10.0. The number of halogens is 2. The minimum absolute atomic E-state index is 0.00391. The fourth-order valence-electron chi connectivity index (χ4n) is 3.79. The van der Waals surface area contributed by atoms with E-state index in [9.17, 15) is 22.9 Å². The number of azo groups is 1. The molecule has 1 amide bonds. The van der Waals surface area contributed by atoms with Crippen molar-refractivity contribution < 1.29 is 27.6 Å².